The van der Waals surface area contributed by atoms with Crippen LogP contribution in [0.5, 0.6) is 0 Å². The van der Waals surface area contributed by atoms with Crippen molar-refractivity contribution < 1.29 is 14.7 Å². The first-order valence-corrected chi connectivity index (χ1v) is 8.22. The standard InChI is InChI=1S/C18H21N3O3/c1-2-15-16(18(23)24)13-6-3-4-7-14(13)17(22)21(15)10-5-9-20-11-8-19-12-20/h3-4,6-8,11-12,15-16H,2,5,9-10H2,1H3,(H,23,24). The summed E-state index contributed by atoms with van der Waals surface area (Å²) in [6, 6.07) is 6.75. The Morgan fingerprint density at radius 1 is 1.29 bits per heavy atom. The van der Waals surface area contributed by atoms with Crippen LogP contribution in [0.3, 0.4) is 0 Å². The number of amides is 1. The normalized spacial score (nSPS) is 20.0. The molecule has 1 aliphatic heterocycles. The van der Waals surface area contributed by atoms with E-state index in [-0.39, 0.29) is 11.9 Å². The number of hydrogen-bond acceptors (Lipinski definition) is 3. The van der Waals surface area contributed by atoms with Gasteiger partial charge in [0.15, 0.2) is 0 Å². The second kappa shape index (κ2) is 6.86. The number of aryl methyl sites for hydroxylation is 1. The molecule has 2 atom stereocenters. The minimum atomic E-state index is -0.874. The number of fused-ring (bicyclic) bond motifs is 1. The van der Waals surface area contributed by atoms with Crippen LogP contribution in [0.25, 0.3) is 0 Å². The van der Waals surface area contributed by atoms with E-state index in [0.29, 0.717) is 24.1 Å². The predicted molar refractivity (Wildman–Crippen MR) is 88.8 cm³/mol. The summed E-state index contributed by atoms with van der Waals surface area (Å²) < 4.78 is 1.96. The molecular formula is C18H21N3O3. The monoisotopic (exact) mass is 327 g/mol. The Labute approximate surface area is 140 Å². The van der Waals surface area contributed by atoms with Crippen molar-refractivity contribution in [1.82, 2.24) is 14.5 Å². The molecule has 0 bridgehead atoms. The number of carbonyl (C=O) groups is 2. The van der Waals surface area contributed by atoms with E-state index in [2.05, 4.69) is 4.98 Å². The van der Waals surface area contributed by atoms with Gasteiger partial charge in [0.1, 0.15) is 5.92 Å². The molecule has 0 aliphatic carbocycles. The highest BCUT2D eigenvalue weighted by atomic mass is 16.4. The Hall–Kier alpha value is -2.63. The average Bonchev–Trinajstić information content (AvgIpc) is 3.09. The van der Waals surface area contributed by atoms with E-state index in [1.165, 1.54) is 0 Å². The van der Waals surface area contributed by atoms with E-state index in [1.54, 1.807) is 41.7 Å². The zero-order valence-corrected chi connectivity index (χ0v) is 13.6. The van der Waals surface area contributed by atoms with Gasteiger partial charge in [-0.05, 0) is 24.5 Å². The van der Waals surface area contributed by atoms with Crippen LogP contribution < -0.4 is 0 Å². The summed E-state index contributed by atoms with van der Waals surface area (Å²) in [6.45, 7) is 3.22. The number of carboxylic acid groups (broad SMARTS) is 1. The van der Waals surface area contributed by atoms with Crippen LogP contribution in [0.4, 0.5) is 0 Å². The highest BCUT2D eigenvalue weighted by Gasteiger charge is 2.42. The summed E-state index contributed by atoms with van der Waals surface area (Å²) in [5.41, 5.74) is 1.14. The lowest BCUT2D eigenvalue weighted by atomic mass is 9.81. The zero-order valence-electron chi connectivity index (χ0n) is 13.6. The van der Waals surface area contributed by atoms with Crippen molar-refractivity contribution in [2.75, 3.05) is 6.54 Å². The van der Waals surface area contributed by atoms with Crippen LogP contribution in [-0.4, -0.2) is 44.0 Å². The van der Waals surface area contributed by atoms with E-state index in [1.807, 2.05) is 17.7 Å². The molecule has 2 aromatic rings. The Kier molecular flexibility index (Phi) is 4.64. The quantitative estimate of drug-likeness (QED) is 0.884. The van der Waals surface area contributed by atoms with Crippen LogP contribution >= 0.6 is 0 Å². The topological polar surface area (TPSA) is 75.4 Å². The summed E-state index contributed by atoms with van der Waals surface area (Å²) in [5, 5.41) is 9.72. The second-order valence-electron chi connectivity index (χ2n) is 6.03. The van der Waals surface area contributed by atoms with Crippen molar-refractivity contribution in [3.8, 4) is 0 Å². The molecule has 2 unspecified atom stereocenters. The molecule has 1 aliphatic rings. The van der Waals surface area contributed by atoms with E-state index >= 15 is 0 Å². The Morgan fingerprint density at radius 2 is 2.08 bits per heavy atom. The Balaban J connectivity index is 1.84. The fraction of sp³-hybridized carbons (Fsp3) is 0.389. The molecule has 3 rings (SSSR count). The number of aromatic nitrogens is 2. The van der Waals surface area contributed by atoms with Crippen molar-refractivity contribution in [2.45, 2.75) is 38.3 Å². The number of aliphatic carboxylic acids is 1. The van der Waals surface area contributed by atoms with Crippen molar-refractivity contribution in [3.05, 3.63) is 54.1 Å². The highest BCUT2D eigenvalue weighted by Crippen LogP contribution is 2.35. The third kappa shape index (κ3) is 2.91. The molecule has 1 aromatic carbocycles. The lowest BCUT2D eigenvalue weighted by molar-refractivity contribution is -0.140. The second-order valence-corrected chi connectivity index (χ2v) is 6.03. The number of benzene rings is 1. The highest BCUT2D eigenvalue weighted by molar-refractivity contribution is 6.00. The Morgan fingerprint density at radius 3 is 2.75 bits per heavy atom. The van der Waals surface area contributed by atoms with Crippen LogP contribution in [0.1, 0.15) is 41.6 Å². The smallest absolute Gasteiger partial charge is 0.313 e. The lowest BCUT2D eigenvalue weighted by Gasteiger charge is -2.40. The minimum absolute atomic E-state index is 0.0689. The largest absolute Gasteiger partial charge is 0.481 e. The zero-order chi connectivity index (χ0) is 17.1. The van der Waals surface area contributed by atoms with E-state index in [0.717, 1.165) is 13.0 Å². The molecule has 0 fully saturated rings. The molecule has 6 nitrogen and oxygen atoms in total. The van der Waals surface area contributed by atoms with Crippen molar-refractivity contribution in [3.63, 3.8) is 0 Å². The lowest BCUT2D eigenvalue weighted by Crippen LogP contribution is -2.50. The van der Waals surface area contributed by atoms with Gasteiger partial charge in [-0.3, -0.25) is 9.59 Å². The van der Waals surface area contributed by atoms with E-state index < -0.39 is 11.9 Å². The van der Waals surface area contributed by atoms with Gasteiger partial charge < -0.3 is 14.6 Å². The molecule has 0 radical (unpaired) electrons. The maximum Gasteiger partial charge on any atom is 0.313 e. The van der Waals surface area contributed by atoms with Gasteiger partial charge >= 0.3 is 5.97 Å². The summed E-state index contributed by atoms with van der Waals surface area (Å²) in [5.74, 6) is -1.61. The number of hydrogen-bond donors (Lipinski definition) is 1. The van der Waals surface area contributed by atoms with Crippen molar-refractivity contribution >= 4 is 11.9 Å². The molecule has 1 aromatic heterocycles. The molecule has 0 spiro atoms. The summed E-state index contributed by atoms with van der Waals surface area (Å²) in [6.07, 6.45) is 6.71. The van der Waals surface area contributed by atoms with Crippen LogP contribution in [0.2, 0.25) is 0 Å². The number of nitrogens with zero attached hydrogens (tertiary/aromatic N) is 3. The molecule has 0 saturated carbocycles. The molecule has 126 valence electrons. The molecule has 24 heavy (non-hydrogen) atoms. The first-order valence-electron chi connectivity index (χ1n) is 8.22. The maximum absolute atomic E-state index is 12.9. The van der Waals surface area contributed by atoms with Gasteiger partial charge in [-0.2, -0.15) is 0 Å². The fourth-order valence-electron chi connectivity index (χ4n) is 3.52. The third-order valence-corrected chi connectivity index (χ3v) is 4.63. The van der Waals surface area contributed by atoms with Crippen molar-refractivity contribution in [1.29, 1.82) is 0 Å². The van der Waals surface area contributed by atoms with Gasteiger partial charge in [-0.25, -0.2) is 4.98 Å². The SMILES string of the molecule is CCC1C(C(=O)O)c2ccccc2C(=O)N1CCCn1ccnc1. The van der Waals surface area contributed by atoms with Crippen LogP contribution in [-0.2, 0) is 11.3 Å². The van der Waals surface area contributed by atoms with Gasteiger partial charge in [0.05, 0.1) is 6.33 Å². The van der Waals surface area contributed by atoms with Gasteiger partial charge in [-0.15, -0.1) is 0 Å². The number of rotatable bonds is 6. The van der Waals surface area contributed by atoms with Gasteiger partial charge in [-0.1, -0.05) is 25.1 Å². The number of carbonyl (C=O) groups excluding carboxylic acids is 1. The molecular weight excluding hydrogens is 306 g/mol. The first-order chi connectivity index (χ1) is 11.6. The summed E-state index contributed by atoms with van der Waals surface area (Å²) in [4.78, 5) is 30.4. The molecule has 0 saturated heterocycles. The van der Waals surface area contributed by atoms with Gasteiger partial charge in [0.2, 0.25) is 0 Å². The average molecular weight is 327 g/mol. The number of carboxylic acids is 1. The molecule has 1 N–H and O–H groups in total. The van der Waals surface area contributed by atoms with Gasteiger partial charge in [0.25, 0.3) is 5.91 Å². The van der Waals surface area contributed by atoms with Crippen LogP contribution in [0.15, 0.2) is 43.0 Å². The maximum atomic E-state index is 12.9. The summed E-state index contributed by atoms with van der Waals surface area (Å²) >= 11 is 0. The minimum Gasteiger partial charge on any atom is -0.481 e. The molecule has 2 heterocycles. The fourth-order valence-corrected chi connectivity index (χ4v) is 3.52. The van der Waals surface area contributed by atoms with Gasteiger partial charge in [0, 0.05) is 37.1 Å². The Bertz CT molecular complexity index is 727. The predicted octanol–water partition coefficient (Wildman–Crippen LogP) is 2.38. The molecule has 1 amide bonds. The number of imidazole rings is 1. The van der Waals surface area contributed by atoms with E-state index in [4.69, 9.17) is 0 Å². The first kappa shape index (κ1) is 16.2. The van der Waals surface area contributed by atoms with Crippen molar-refractivity contribution in [2.24, 2.45) is 0 Å². The third-order valence-electron chi connectivity index (χ3n) is 4.63. The molecule has 6 heteroatoms. The van der Waals surface area contributed by atoms with E-state index in [9.17, 15) is 14.7 Å². The van der Waals surface area contributed by atoms with Crippen LogP contribution in [0, 0.1) is 0 Å². The summed E-state index contributed by atoms with van der Waals surface area (Å²) in [7, 11) is 0.